The van der Waals surface area contributed by atoms with E-state index in [-0.39, 0.29) is 5.91 Å². The third-order valence-corrected chi connectivity index (χ3v) is 4.20. The van der Waals surface area contributed by atoms with Crippen LogP contribution in [-0.4, -0.2) is 40.6 Å². The lowest BCUT2D eigenvalue weighted by Crippen LogP contribution is -2.52. The molecule has 1 aromatic heterocycles. The van der Waals surface area contributed by atoms with Crippen molar-refractivity contribution >= 4 is 11.9 Å². The molecule has 0 aliphatic carbocycles. The molecule has 3 rings (SSSR count). The highest BCUT2D eigenvalue weighted by Crippen LogP contribution is 2.31. The van der Waals surface area contributed by atoms with Gasteiger partial charge in [0.25, 0.3) is 5.91 Å². The van der Waals surface area contributed by atoms with E-state index < -0.39 is 17.5 Å². The number of rotatable bonds is 5. The van der Waals surface area contributed by atoms with Crippen LogP contribution in [0.2, 0.25) is 0 Å². The molecule has 1 atom stereocenters. The van der Waals surface area contributed by atoms with Crippen LogP contribution in [-0.2, 0) is 14.3 Å². The van der Waals surface area contributed by atoms with Crippen LogP contribution >= 0.6 is 0 Å². The molecule has 1 aromatic carbocycles. The van der Waals surface area contributed by atoms with Crippen LogP contribution in [0.3, 0.4) is 0 Å². The summed E-state index contributed by atoms with van der Waals surface area (Å²) in [6, 6.07) is 11.0. The molecule has 1 unspecified atom stereocenters. The zero-order chi connectivity index (χ0) is 19.4. The molecule has 141 valence electrons. The fourth-order valence-electron chi connectivity index (χ4n) is 2.85. The van der Waals surface area contributed by atoms with Gasteiger partial charge in [-0.2, -0.15) is 0 Å². The first-order chi connectivity index (χ1) is 12.8. The number of ether oxygens (including phenoxy) is 1. The van der Waals surface area contributed by atoms with Gasteiger partial charge in [0, 0.05) is 24.8 Å². The van der Waals surface area contributed by atoms with Gasteiger partial charge in [-0.25, -0.2) is 5.01 Å². The lowest BCUT2D eigenvalue weighted by atomic mass is 9.90. The van der Waals surface area contributed by atoms with E-state index in [0.717, 1.165) is 30.6 Å². The number of hydrazine groups is 1. The number of carbonyl (C=O) groups is 2. The summed E-state index contributed by atoms with van der Waals surface area (Å²) in [5.74, 6) is -2.04. The van der Waals surface area contributed by atoms with Crippen molar-refractivity contribution in [1.82, 2.24) is 15.4 Å². The summed E-state index contributed by atoms with van der Waals surface area (Å²) in [4.78, 5) is 30.0. The maximum absolute atomic E-state index is 13.0. The molecular formula is C21H24N3O3. The molecule has 1 aliphatic rings. The maximum atomic E-state index is 13.0. The first-order valence-electron chi connectivity index (χ1n) is 9.05. The monoisotopic (exact) mass is 366 g/mol. The summed E-state index contributed by atoms with van der Waals surface area (Å²) in [5.41, 5.74) is 4.17. The number of hydrogen-bond donors (Lipinski definition) is 1. The van der Waals surface area contributed by atoms with Crippen LogP contribution in [0.4, 0.5) is 0 Å². The summed E-state index contributed by atoms with van der Waals surface area (Å²) in [6.07, 6.45) is 5.58. The van der Waals surface area contributed by atoms with E-state index in [1.165, 1.54) is 0 Å². The van der Waals surface area contributed by atoms with Gasteiger partial charge in [0.15, 0.2) is 5.92 Å². The predicted octanol–water partition coefficient (Wildman–Crippen LogP) is 2.71. The number of nitrogens with one attached hydrogen (secondary N) is 1. The van der Waals surface area contributed by atoms with Crippen LogP contribution in [0, 0.1) is 6.20 Å². The quantitative estimate of drug-likeness (QED) is 0.651. The molecule has 0 saturated carbocycles. The molecule has 2 heterocycles. The maximum Gasteiger partial charge on any atom is 0.323 e. The minimum Gasteiger partial charge on any atom is -0.459 e. The number of hydrogen-bond acceptors (Lipinski definition) is 5. The van der Waals surface area contributed by atoms with E-state index in [0.29, 0.717) is 5.56 Å². The van der Waals surface area contributed by atoms with Gasteiger partial charge in [-0.3, -0.25) is 20.0 Å². The average molecular weight is 366 g/mol. The third kappa shape index (κ3) is 4.71. The molecule has 1 saturated heterocycles. The van der Waals surface area contributed by atoms with Gasteiger partial charge >= 0.3 is 5.97 Å². The van der Waals surface area contributed by atoms with Gasteiger partial charge < -0.3 is 4.74 Å². The lowest BCUT2D eigenvalue weighted by molar-refractivity contribution is -0.159. The number of benzene rings is 1. The Labute approximate surface area is 159 Å². The Morgan fingerprint density at radius 2 is 1.93 bits per heavy atom. The smallest absolute Gasteiger partial charge is 0.323 e. The van der Waals surface area contributed by atoms with E-state index in [1.807, 2.05) is 24.3 Å². The minimum absolute atomic E-state index is 0.389. The largest absolute Gasteiger partial charge is 0.459 e. The molecule has 1 amide bonds. The van der Waals surface area contributed by atoms with E-state index in [1.54, 1.807) is 44.1 Å². The highest BCUT2D eigenvalue weighted by Gasteiger charge is 2.36. The Bertz CT molecular complexity index is 811. The fraction of sp³-hybridized carbons (Fsp3) is 0.381. The highest BCUT2D eigenvalue weighted by molar-refractivity contribution is 6.04. The minimum atomic E-state index is -1.07. The van der Waals surface area contributed by atoms with Crippen molar-refractivity contribution < 1.29 is 14.3 Å². The highest BCUT2D eigenvalue weighted by atomic mass is 16.6. The van der Waals surface area contributed by atoms with Gasteiger partial charge in [-0.1, -0.05) is 30.3 Å². The van der Waals surface area contributed by atoms with Crippen LogP contribution in [0.1, 0.15) is 38.7 Å². The van der Waals surface area contributed by atoms with Gasteiger partial charge in [-0.05, 0) is 44.4 Å². The number of amides is 1. The third-order valence-electron chi connectivity index (χ3n) is 4.20. The summed E-state index contributed by atoms with van der Waals surface area (Å²) < 4.78 is 5.56. The number of aromatic nitrogens is 1. The Balaban J connectivity index is 1.99. The Hall–Kier alpha value is -2.73. The number of esters is 1. The SMILES string of the molecule is CC(C)(C)OC(=O)C(C(=O)NN1CCC1)c1ccccc1-c1[c]nccc1. The van der Waals surface area contributed by atoms with Crippen molar-refractivity contribution in [2.75, 3.05) is 13.1 Å². The molecule has 6 heteroatoms. The molecule has 2 aromatic rings. The fourth-order valence-corrected chi connectivity index (χ4v) is 2.85. The summed E-state index contributed by atoms with van der Waals surface area (Å²) >= 11 is 0. The summed E-state index contributed by atoms with van der Waals surface area (Å²) in [7, 11) is 0. The Kier molecular flexibility index (Phi) is 5.56. The van der Waals surface area contributed by atoms with Gasteiger partial charge in [0.2, 0.25) is 0 Å². The molecule has 1 N–H and O–H groups in total. The predicted molar refractivity (Wildman–Crippen MR) is 101 cm³/mol. The number of nitrogens with zero attached hydrogens (tertiary/aromatic N) is 2. The number of pyridine rings is 1. The first-order valence-corrected chi connectivity index (χ1v) is 9.05. The van der Waals surface area contributed by atoms with E-state index >= 15 is 0 Å². The molecule has 27 heavy (non-hydrogen) atoms. The standard InChI is InChI=1S/C21H24N3O3/c1-21(2,3)27-20(26)18(19(25)23-24-12-7-13-24)17-10-5-4-9-16(17)15-8-6-11-22-14-15/h4-6,8-11,18H,7,12-13H2,1-3H3,(H,23,25). The van der Waals surface area contributed by atoms with Crippen LogP contribution < -0.4 is 5.43 Å². The van der Waals surface area contributed by atoms with Crippen molar-refractivity contribution in [3.05, 3.63) is 54.4 Å². The normalized spacial score (nSPS) is 15.5. The van der Waals surface area contributed by atoms with Crippen molar-refractivity contribution in [3.63, 3.8) is 0 Å². The molecule has 1 fully saturated rings. The zero-order valence-electron chi connectivity index (χ0n) is 15.9. The van der Waals surface area contributed by atoms with E-state index in [9.17, 15) is 9.59 Å². The summed E-state index contributed by atoms with van der Waals surface area (Å²) in [5, 5.41) is 1.80. The molecular weight excluding hydrogens is 342 g/mol. The molecule has 1 aliphatic heterocycles. The van der Waals surface area contributed by atoms with E-state index in [4.69, 9.17) is 4.74 Å². The average Bonchev–Trinajstić information content (AvgIpc) is 2.58. The molecule has 1 radical (unpaired) electrons. The van der Waals surface area contributed by atoms with Crippen molar-refractivity contribution in [1.29, 1.82) is 0 Å². The summed E-state index contributed by atoms with van der Waals surface area (Å²) in [6.45, 7) is 6.93. The van der Waals surface area contributed by atoms with Crippen molar-refractivity contribution in [3.8, 4) is 11.1 Å². The molecule has 0 bridgehead atoms. The molecule has 6 nitrogen and oxygen atoms in total. The Morgan fingerprint density at radius 1 is 1.19 bits per heavy atom. The van der Waals surface area contributed by atoms with Crippen LogP contribution in [0.25, 0.3) is 11.1 Å². The van der Waals surface area contributed by atoms with Gasteiger partial charge in [0.1, 0.15) is 5.60 Å². The van der Waals surface area contributed by atoms with Crippen molar-refractivity contribution in [2.45, 2.75) is 38.7 Å². The zero-order valence-corrected chi connectivity index (χ0v) is 15.9. The molecule has 0 spiro atoms. The Morgan fingerprint density at radius 3 is 2.52 bits per heavy atom. The lowest BCUT2D eigenvalue weighted by Gasteiger charge is -2.33. The van der Waals surface area contributed by atoms with Gasteiger partial charge in [-0.15, -0.1) is 0 Å². The van der Waals surface area contributed by atoms with Crippen LogP contribution in [0.15, 0.2) is 42.6 Å². The van der Waals surface area contributed by atoms with E-state index in [2.05, 4.69) is 16.6 Å². The van der Waals surface area contributed by atoms with Crippen LogP contribution in [0.5, 0.6) is 0 Å². The van der Waals surface area contributed by atoms with Crippen molar-refractivity contribution in [2.24, 2.45) is 0 Å². The second-order valence-electron chi connectivity index (χ2n) is 7.53. The second-order valence-corrected chi connectivity index (χ2v) is 7.53. The first kappa shape index (κ1) is 19.0. The second kappa shape index (κ2) is 7.88. The topological polar surface area (TPSA) is 71.5 Å². The number of carbonyl (C=O) groups excluding carboxylic acids is 2. The van der Waals surface area contributed by atoms with Gasteiger partial charge in [0.05, 0.1) is 6.20 Å².